The van der Waals surface area contributed by atoms with Crippen molar-refractivity contribution in [2.75, 3.05) is 26.2 Å². The fourth-order valence-electron chi connectivity index (χ4n) is 3.80. The number of guanidine groups is 1. The van der Waals surface area contributed by atoms with Crippen LogP contribution in [0.1, 0.15) is 53.4 Å². The van der Waals surface area contributed by atoms with Crippen LogP contribution in [0.25, 0.3) is 0 Å². The summed E-state index contributed by atoms with van der Waals surface area (Å²) in [5.41, 5.74) is 0.204. The lowest BCUT2D eigenvalue weighted by Crippen LogP contribution is -2.43. The van der Waals surface area contributed by atoms with Crippen molar-refractivity contribution in [2.24, 2.45) is 16.3 Å². The predicted octanol–water partition coefficient (Wildman–Crippen LogP) is 3.02. The molecule has 2 rings (SSSR count). The van der Waals surface area contributed by atoms with Crippen molar-refractivity contribution in [3.8, 4) is 0 Å². The molecule has 1 fully saturated rings. The zero-order valence-corrected chi connectivity index (χ0v) is 18.0. The second-order valence-corrected chi connectivity index (χ2v) is 8.65. The average molecular weight is 391 g/mol. The van der Waals surface area contributed by atoms with Crippen LogP contribution in [-0.4, -0.2) is 42.9 Å². The summed E-state index contributed by atoms with van der Waals surface area (Å²) in [7, 11) is 0. The van der Waals surface area contributed by atoms with Crippen molar-refractivity contribution >= 4 is 5.96 Å². The topological polar surface area (TPSA) is 67.7 Å². The number of unbranched alkanes of at least 4 members (excludes halogenated alkanes) is 1. The third-order valence-corrected chi connectivity index (χ3v) is 5.14. The van der Waals surface area contributed by atoms with E-state index in [1.165, 1.54) is 6.42 Å². The van der Waals surface area contributed by atoms with Crippen molar-refractivity contribution in [1.29, 1.82) is 0 Å². The quantitative estimate of drug-likeness (QED) is 0.407. The monoisotopic (exact) mass is 390 g/mol. The lowest BCUT2D eigenvalue weighted by molar-refractivity contribution is -0.0823. The van der Waals surface area contributed by atoms with Crippen molar-refractivity contribution in [3.05, 3.63) is 34.7 Å². The highest BCUT2D eigenvalue weighted by atomic mass is 16.5. The third-order valence-electron chi connectivity index (χ3n) is 5.14. The number of nitrogens with one attached hydrogen (secondary N) is 2. The van der Waals surface area contributed by atoms with Gasteiger partial charge in [-0.1, -0.05) is 26.8 Å². The number of pyridine rings is 1. The van der Waals surface area contributed by atoms with Crippen LogP contribution < -0.4 is 16.2 Å². The number of hydrogen-bond acceptors (Lipinski definition) is 3. The first-order valence-corrected chi connectivity index (χ1v) is 10.7. The zero-order valence-electron chi connectivity index (χ0n) is 18.0. The Morgan fingerprint density at radius 2 is 2.11 bits per heavy atom. The van der Waals surface area contributed by atoms with Gasteiger partial charge in [0, 0.05) is 51.0 Å². The van der Waals surface area contributed by atoms with Crippen LogP contribution in [0, 0.1) is 11.3 Å². The number of aryl methyl sites for hydroxylation is 1. The van der Waals surface area contributed by atoms with E-state index in [4.69, 9.17) is 9.73 Å². The van der Waals surface area contributed by atoms with Gasteiger partial charge in [-0.25, -0.2) is 0 Å². The molecule has 2 N–H and O–H groups in total. The molecule has 1 aromatic rings. The first-order chi connectivity index (χ1) is 13.4. The summed E-state index contributed by atoms with van der Waals surface area (Å²) >= 11 is 0. The normalized spacial score (nSPS) is 20.8. The van der Waals surface area contributed by atoms with E-state index in [0.717, 1.165) is 58.0 Å². The van der Waals surface area contributed by atoms with Crippen molar-refractivity contribution < 1.29 is 4.74 Å². The number of aliphatic imine (C=N–C) groups is 1. The maximum Gasteiger partial charge on any atom is 0.250 e. The molecule has 0 radical (unpaired) electrons. The number of hydrogen-bond donors (Lipinski definition) is 2. The van der Waals surface area contributed by atoms with Gasteiger partial charge >= 0.3 is 0 Å². The maximum atomic E-state index is 11.7. The van der Waals surface area contributed by atoms with Crippen molar-refractivity contribution in [2.45, 2.75) is 66.0 Å². The van der Waals surface area contributed by atoms with Gasteiger partial charge in [-0.15, -0.1) is 0 Å². The maximum absolute atomic E-state index is 11.7. The van der Waals surface area contributed by atoms with Gasteiger partial charge in [-0.2, -0.15) is 0 Å². The summed E-state index contributed by atoms with van der Waals surface area (Å²) in [6.45, 7) is 12.9. The molecule has 0 saturated carbocycles. The molecule has 6 nitrogen and oxygen atoms in total. The second-order valence-electron chi connectivity index (χ2n) is 8.65. The van der Waals surface area contributed by atoms with E-state index in [1.54, 1.807) is 16.7 Å². The van der Waals surface area contributed by atoms with E-state index < -0.39 is 0 Å². The largest absolute Gasteiger partial charge is 0.377 e. The van der Waals surface area contributed by atoms with Crippen molar-refractivity contribution in [1.82, 2.24) is 15.2 Å². The van der Waals surface area contributed by atoms with E-state index in [9.17, 15) is 4.79 Å². The first kappa shape index (κ1) is 22.5. The Morgan fingerprint density at radius 1 is 1.29 bits per heavy atom. The highest BCUT2D eigenvalue weighted by Crippen LogP contribution is 2.34. The van der Waals surface area contributed by atoms with Crippen LogP contribution in [0.2, 0.25) is 0 Å². The van der Waals surface area contributed by atoms with E-state index in [1.807, 2.05) is 12.3 Å². The molecule has 2 heterocycles. The Kier molecular flexibility index (Phi) is 9.03. The molecule has 1 aliphatic rings. The van der Waals surface area contributed by atoms with Gasteiger partial charge in [0.15, 0.2) is 5.96 Å². The summed E-state index contributed by atoms with van der Waals surface area (Å²) in [4.78, 5) is 16.5. The molecule has 158 valence electrons. The van der Waals surface area contributed by atoms with Crippen LogP contribution in [0.3, 0.4) is 0 Å². The fraction of sp³-hybridized carbons (Fsp3) is 0.727. The average Bonchev–Trinajstić information content (AvgIpc) is 2.66. The summed E-state index contributed by atoms with van der Waals surface area (Å²) in [6.07, 6.45) is 6.35. The van der Waals surface area contributed by atoms with Crippen LogP contribution in [0.15, 0.2) is 34.2 Å². The third kappa shape index (κ3) is 7.30. The Hall–Kier alpha value is -1.82. The van der Waals surface area contributed by atoms with Gasteiger partial charge < -0.3 is 19.9 Å². The molecule has 1 saturated heterocycles. The lowest BCUT2D eigenvalue weighted by Gasteiger charge is -2.39. The smallest absolute Gasteiger partial charge is 0.250 e. The van der Waals surface area contributed by atoms with Gasteiger partial charge in [0.2, 0.25) is 5.56 Å². The Morgan fingerprint density at radius 3 is 2.82 bits per heavy atom. The number of nitrogens with zero attached hydrogens (tertiary/aromatic N) is 2. The number of rotatable bonds is 8. The molecular formula is C22H38N4O2. The summed E-state index contributed by atoms with van der Waals surface area (Å²) < 4.78 is 7.83. The minimum Gasteiger partial charge on any atom is -0.377 e. The molecule has 0 aromatic carbocycles. The van der Waals surface area contributed by atoms with Gasteiger partial charge in [0.1, 0.15) is 0 Å². The van der Waals surface area contributed by atoms with E-state index in [-0.39, 0.29) is 17.1 Å². The summed E-state index contributed by atoms with van der Waals surface area (Å²) in [6, 6.07) is 5.28. The first-order valence-electron chi connectivity index (χ1n) is 10.7. The minimum atomic E-state index is 0.0634. The molecule has 0 bridgehead atoms. The fourth-order valence-corrected chi connectivity index (χ4v) is 3.80. The van der Waals surface area contributed by atoms with E-state index in [2.05, 4.69) is 38.3 Å². The highest BCUT2D eigenvalue weighted by molar-refractivity contribution is 5.79. The molecule has 1 aromatic heterocycles. The molecule has 0 amide bonds. The molecule has 2 unspecified atom stereocenters. The Bertz CT molecular complexity index is 663. The highest BCUT2D eigenvalue weighted by Gasteiger charge is 2.35. The molecule has 28 heavy (non-hydrogen) atoms. The number of aromatic nitrogens is 1. The second kappa shape index (κ2) is 11.2. The van der Waals surface area contributed by atoms with E-state index in [0.29, 0.717) is 5.92 Å². The van der Waals surface area contributed by atoms with Crippen molar-refractivity contribution in [3.63, 3.8) is 0 Å². The SMILES string of the molecule is CCNC(=NCC1CCCOC1C(C)(C)C)NCCCCn1ccccc1=O. The summed E-state index contributed by atoms with van der Waals surface area (Å²) in [5, 5.41) is 6.76. The van der Waals surface area contributed by atoms with Gasteiger partial charge in [-0.05, 0) is 44.1 Å². The molecule has 6 heteroatoms. The summed E-state index contributed by atoms with van der Waals surface area (Å²) in [5.74, 6) is 1.34. The minimum absolute atomic E-state index is 0.0634. The van der Waals surface area contributed by atoms with Crippen LogP contribution >= 0.6 is 0 Å². The molecule has 1 aliphatic heterocycles. The van der Waals surface area contributed by atoms with Gasteiger partial charge in [-0.3, -0.25) is 9.79 Å². The van der Waals surface area contributed by atoms with Gasteiger partial charge in [0.25, 0.3) is 0 Å². The number of ether oxygens (including phenoxy) is 1. The van der Waals surface area contributed by atoms with Crippen LogP contribution in [0.4, 0.5) is 0 Å². The Balaban J connectivity index is 1.79. The van der Waals surface area contributed by atoms with Gasteiger partial charge in [0.05, 0.1) is 6.10 Å². The lowest BCUT2D eigenvalue weighted by atomic mass is 9.78. The predicted molar refractivity (Wildman–Crippen MR) is 116 cm³/mol. The standard InChI is InChI=1S/C22H38N4O2/c1-5-23-21(24-13-7-9-15-26-14-8-6-12-19(26)27)25-17-18-11-10-16-28-20(18)22(2,3)4/h6,8,12,14,18,20H,5,7,9-11,13,15-17H2,1-4H3,(H2,23,24,25). The molecule has 2 atom stereocenters. The zero-order chi connectivity index (χ0) is 20.4. The molecule has 0 aliphatic carbocycles. The van der Waals surface area contributed by atoms with Crippen LogP contribution in [-0.2, 0) is 11.3 Å². The van der Waals surface area contributed by atoms with E-state index >= 15 is 0 Å². The molecule has 0 spiro atoms. The molecular weight excluding hydrogens is 352 g/mol. The Labute approximate surface area is 169 Å². The van der Waals surface area contributed by atoms with Crippen LogP contribution in [0.5, 0.6) is 0 Å².